The number of ether oxygens (including phenoxy) is 1. The van der Waals surface area contributed by atoms with Crippen molar-refractivity contribution >= 4 is 17.5 Å². The maximum absolute atomic E-state index is 13.2. The van der Waals surface area contributed by atoms with Crippen LogP contribution in [0, 0.1) is 40.4 Å². The maximum atomic E-state index is 13.2. The van der Waals surface area contributed by atoms with Crippen LogP contribution in [0.2, 0.25) is 0 Å². The average Bonchev–Trinajstić information content (AvgIpc) is 3.33. The van der Waals surface area contributed by atoms with Gasteiger partial charge < -0.3 is 4.74 Å². The second kappa shape index (κ2) is 5.18. The summed E-state index contributed by atoms with van der Waals surface area (Å²) in [6, 6.07) is 0. The van der Waals surface area contributed by atoms with Gasteiger partial charge in [-0.2, -0.15) is 11.8 Å². The average molecular weight is 359 g/mol. The third-order valence-electron chi connectivity index (χ3n) is 8.86. The molecular weight excluding hydrogens is 328 g/mol. The van der Waals surface area contributed by atoms with Crippen LogP contribution in [0.1, 0.15) is 46.5 Å². The molecule has 0 aliphatic heterocycles. The van der Waals surface area contributed by atoms with Gasteiger partial charge in [-0.3, -0.25) is 4.79 Å². The number of ketones is 1. The number of hydrogen-bond donors (Lipinski definition) is 0. The van der Waals surface area contributed by atoms with Crippen molar-refractivity contribution in [1.82, 2.24) is 0 Å². The molecule has 0 radical (unpaired) electrons. The van der Waals surface area contributed by atoms with E-state index in [0.29, 0.717) is 29.0 Å². The number of carbonyl (C=O) groups excluding carboxylic acids is 1. The third kappa shape index (κ3) is 1.86. The first-order chi connectivity index (χ1) is 11.9. The Morgan fingerprint density at radius 2 is 1.92 bits per heavy atom. The number of Topliss-reactive ketones (excluding diaryl/α,β-unsaturated/α-hetero) is 1. The van der Waals surface area contributed by atoms with Gasteiger partial charge in [0, 0.05) is 23.0 Å². The van der Waals surface area contributed by atoms with E-state index in [9.17, 15) is 4.79 Å². The Labute approximate surface area is 155 Å². The summed E-state index contributed by atoms with van der Waals surface area (Å²) in [7, 11) is 0. The molecule has 25 heavy (non-hydrogen) atoms. The highest BCUT2D eigenvalue weighted by Gasteiger charge is 2.65. The SMILES string of the molecule is CSC[C@@]12CC[C@@H](C[C@H]1OC1=C(C)[C@@H]3[C@H](C1=O)[C@H]1C=C[C@@H]3C1)C2(C)C. The highest BCUT2D eigenvalue weighted by atomic mass is 32.2. The predicted molar refractivity (Wildman–Crippen MR) is 102 cm³/mol. The Hall–Kier alpha value is -0.700. The summed E-state index contributed by atoms with van der Waals surface area (Å²) in [5.41, 5.74) is 1.82. The van der Waals surface area contributed by atoms with Crippen LogP contribution < -0.4 is 0 Å². The van der Waals surface area contributed by atoms with E-state index in [4.69, 9.17) is 4.74 Å². The molecule has 0 aromatic rings. The molecular formula is C22H30O2S. The van der Waals surface area contributed by atoms with Gasteiger partial charge in [-0.05, 0) is 67.6 Å². The van der Waals surface area contributed by atoms with E-state index in [1.807, 2.05) is 11.8 Å². The van der Waals surface area contributed by atoms with Crippen LogP contribution in [0.15, 0.2) is 23.5 Å². The van der Waals surface area contributed by atoms with E-state index in [0.717, 1.165) is 23.9 Å². The Morgan fingerprint density at radius 1 is 1.20 bits per heavy atom. The van der Waals surface area contributed by atoms with Gasteiger partial charge in [0.2, 0.25) is 5.78 Å². The van der Waals surface area contributed by atoms with Gasteiger partial charge in [-0.1, -0.05) is 26.0 Å². The highest BCUT2D eigenvalue weighted by molar-refractivity contribution is 7.98. The number of carbonyl (C=O) groups is 1. The molecule has 3 heteroatoms. The molecule has 5 aliphatic carbocycles. The second-order valence-corrected chi connectivity index (χ2v) is 10.6. The predicted octanol–water partition coefficient (Wildman–Crippen LogP) is 4.86. The molecule has 5 aliphatic rings. The summed E-state index contributed by atoms with van der Waals surface area (Å²) in [6.45, 7) is 7.06. The van der Waals surface area contributed by atoms with E-state index in [-0.39, 0.29) is 17.4 Å². The Morgan fingerprint density at radius 3 is 2.56 bits per heavy atom. The maximum Gasteiger partial charge on any atom is 0.201 e. The van der Waals surface area contributed by atoms with Crippen LogP contribution in [-0.4, -0.2) is 23.9 Å². The lowest BCUT2D eigenvalue weighted by atomic mass is 9.69. The van der Waals surface area contributed by atoms with Gasteiger partial charge in [0.05, 0.1) is 0 Å². The van der Waals surface area contributed by atoms with Crippen molar-refractivity contribution in [2.75, 3.05) is 12.0 Å². The fourth-order valence-corrected chi connectivity index (χ4v) is 8.54. The molecule has 0 unspecified atom stereocenters. The minimum absolute atomic E-state index is 0.188. The second-order valence-electron chi connectivity index (χ2n) is 9.76. The number of hydrogen-bond acceptors (Lipinski definition) is 3. The topological polar surface area (TPSA) is 26.3 Å². The zero-order valence-corrected chi connectivity index (χ0v) is 16.7. The van der Waals surface area contributed by atoms with Crippen molar-refractivity contribution < 1.29 is 9.53 Å². The molecule has 0 saturated heterocycles. The van der Waals surface area contributed by atoms with Crippen molar-refractivity contribution in [1.29, 1.82) is 0 Å². The van der Waals surface area contributed by atoms with Crippen molar-refractivity contribution in [3.63, 3.8) is 0 Å². The smallest absolute Gasteiger partial charge is 0.201 e. The van der Waals surface area contributed by atoms with Gasteiger partial charge in [0.1, 0.15) is 6.10 Å². The zero-order chi connectivity index (χ0) is 17.6. The van der Waals surface area contributed by atoms with Gasteiger partial charge in [0.25, 0.3) is 0 Å². The normalized spacial score (nSPS) is 48.7. The van der Waals surface area contributed by atoms with Gasteiger partial charge >= 0.3 is 0 Å². The van der Waals surface area contributed by atoms with Crippen LogP contribution in [0.3, 0.4) is 0 Å². The van der Waals surface area contributed by atoms with E-state index in [1.165, 1.54) is 24.8 Å². The molecule has 0 heterocycles. The summed E-state index contributed by atoms with van der Waals surface area (Å²) in [4.78, 5) is 13.2. The largest absolute Gasteiger partial charge is 0.486 e. The summed E-state index contributed by atoms with van der Waals surface area (Å²) < 4.78 is 6.67. The van der Waals surface area contributed by atoms with Crippen LogP contribution in [0.4, 0.5) is 0 Å². The molecule has 0 N–H and O–H groups in total. The lowest BCUT2D eigenvalue weighted by Gasteiger charge is -2.42. The molecule has 0 spiro atoms. The standard InChI is InChI=1S/C22H30O2S/c1-12-17-13-5-6-14(9-13)18(17)19(23)20(12)24-16-10-15-7-8-22(16,11-25-4)21(15,2)3/h5-6,13-18H,7-11H2,1-4H3/t13-,14+,15+,16-,17+,18-,22+/m1/s1. The quantitative estimate of drug-likeness (QED) is 0.672. The number of thioether (sulfide) groups is 1. The minimum atomic E-state index is 0.188. The number of fused-ring (bicyclic) bond motifs is 7. The fourth-order valence-electron chi connectivity index (χ4n) is 7.32. The van der Waals surface area contributed by atoms with E-state index >= 15 is 0 Å². The summed E-state index contributed by atoms with van der Waals surface area (Å²) in [5.74, 6) is 4.66. The summed E-state index contributed by atoms with van der Waals surface area (Å²) in [5, 5.41) is 0. The number of rotatable bonds is 4. The zero-order valence-electron chi connectivity index (χ0n) is 15.9. The Bertz CT molecular complexity index is 690. The molecule has 0 aromatic carbocycles. The van der Waals surface area contributed by atoms with Crippen LogP contribution in [0.5, 0.6) is 0 Å². The molecule has 5 rings (SSSR count). The first-order valence-corrected chi connectivity index (χ1v) is 11.4. The molecule has 3 fully saturated rings. The highest BCUT2D eigenvalue weighted by Crippen LogP contribution is 2.68. The van der Waals surface area contributed by atoms with Gasteiger partial charge in [0.15, 0.2) is 5.76 Å². The fraction of sp³-hybridized carbons (Fsp3) is 0.773. The first-order valence-electron chi connectivity index (χ1n) is 9.99. The third-order valence-corrected chi connectivity index (χ3v) is 9.67. The van der Waals surface area contributed by atoms with Crippen LogP contribution in [0.25, 0.3) is 0 Å². The summed E-state index contributed by atoms with van der Waals surface area (Å²) in [6.07, 6.45) is 12.0. The molecule has 136 valence electrons. The van der Waals surface area contributed by atoms with E-state index in [2.05, 4.69) is 39.2 Å². The Balaban J connectivity index is 1.46. The van der Waals surface area contributed by atoms with Crippen LogP contribution in [-0.2, 0) is 9.53 Å². The lowest BCUT2D eigenvalue weighted by Crippen LogP contribution is -2.42. The molecule has 7 atom stereocenters. The van der Waals surface area contributed by atoms with Gasteiger partial charge in [-0.15, -0.1) is 0 Å². The van der Waals surface area contributed by atoms with Crippen LogP contribution >= 0.6 is 11.8 Å². The summed E-state index contributed by atoms with van der Waals surface area (Å²) >= 11 is 1.95. The van der Waals surface area contributed by atoms with E-state index < -0.39 is 0 Å². The van der Waals surface area contributed by atoms with Crippen molar-refractivity contribution in [2.45, 2.75) is 52.6 Å². The monoisotopic (exact) mass is 358 g/mol. The van der Waals surface area contributed by atoms with Gasteiger partial charge in [-0.25, -0.2) is 0 Å². The van der Waals surface area contributed by atoms with E-state index in [1.54, 1.807) is 0 Å². The van der Waals surface area contributed by atoms with Crippen molar-refractivity contribution in [3.8, 4) is 0 Å². The number of allylic oxidation sites excluding steroid dienone is 4. The Kier molecular flexibility index (Phi) is 3.41. The van der Waals surface area contributed by atoms with Crippen molar-refractivity contribution in [2.24, 2.45) is 40.4 Å². The first kappa shape index (κ1) is 16.5. The molecule has 0 aromatic heterocycles. The van der Waals surface area contributed by atoms with Crippen molar-refractivity contribution in [3.05, 3.63) is 23.5 Å². The lowest BCUT2D eigenvalue weighted by molar-refractivity contribution is -0.125. The molecule has 4 bridgehead atoms. The molecule has 3 saturated carbocycles. The molecule has 2 nitrogen and oxygen atoms in total. The molecule has 0 amide bonds. The minimum Gasteiger partial charge on any atom is -0.486 e.